The number of amides is 1. The van der Waals surface area contributed by atoms with Crippen LogP contribution in [0.2, 0.25) is 0 Å². The molecule has 0 saturated carbocycles. The summed E-state index contributed by atoms with van der Waals surface area (Å²) >= 11 is 0. The van der Waals surface area contributed by atoms with Gasteiger partial charge >= 0.3 is 0 Å². The van der Waals surface area contributed by atoms with Gasteiger partial charge in [0, 0.05) is 25.8 Å². The molecule has 4 rings (SSSR count). The molecule has 2 aliphatic heterocycles. The summed E-state index contributed by atoms with van der Waals surface area (Å²) in [5.74, 6) is 1.52. The first-order valence-electron chi connectivity index (χ1n) is 10.7. The van der Waals surface area contributed by atoms with E-state index in [1.54, 1.807) is 0 Å². The van der Waals surface area contributed by atoms with Gasteiger partial charge in [0.25, 0.3) is 5.91 Å². The number of fused-ring (bicyclic) bond motifs is 1. The molecule has 29 heavy (non-hydrogen) atoms. The average molecular weight is 399 g/mol. The predicted octanol–water partition coefficient (Wildman–Crippen LogP) is 2.80. The van der Waals surface area contributed by atoms with E-state index in [-0.39, 0.29) is 5.91 Å². The molecule has 0 aliphatic carbocycles. The van der Waals surface area contributed by atoms with Crippen LogP contribution >= 0.6 is 0 Å². The van der Waals surface area contributed by atoms with Crippen LogP contribution in [-0.4, -0.2) is 53.4 Å². The van der Waals surface area contributed by atoms with Crippen LogP contribution in [0.3, 0.4) is 0 Å². The van der Waals surface area contributed by atoms with Gasteiger partial charge in [-0.3, -0.25) is 9.48 Å². The van der Waals surface area contributed by atoms with E-state index in [1.807, 2.05) is 41.8 Å². The van der Waals surface area contributed by atoms with Crippen molar-refractivity contribution in [2.75, 3.05) is 32.8 Å². The number of rotatable bonds is 6. The number of nitrogens with one attached hydrogen (secondary N) is 1. The highest BCUT2D eigenvalue weighted by molar-refractivity contribution is 5.92. The standard InChI is InChI=1S/C22H30N4O3/c1-3-28-20-12-16-7-10-25(15-17(16)13-21(20)29-4-2)22(27)19-8-11-26(24-19)18-6-5-9-23-14-18/h8,11-13,18,23H,3-7,9-10,14-15H2,1-2H3. The number of nitrogens with zero attached hydrogens (tertiary/aromatic N) is 3. The van der Waals surface area contributed by atoms with E-state index in [4.69, 9.17) is 9.47 Å². The van der Waals surface area contributed by atoms with Crippen LogP contribution in [0, 0.1) is 0 Å². The van der Waals surface area contributed by atoms with Gasteiger partial charge in [-0.25, -0.2) is 0 Å². The highest BCUT2D eigenvalue weighted by Gasteiger charge is 2.26. The van der Waals surface area contributed by atoms with Gasteiger partial charge in [0.1, 0.15) is 5.69 Å². The Labute approximate surface area is 172 Å². The van der Waals surface area contributed by atoms with Crippen LogP contribution < -0.4 is 14.8 Å². The molecular weight excluding hydrogens is 368 g/mol. The molecular formula is C22H30N4O3. The van der Waals surface area contributed by atoms with E-state index >= 15 is 0 Å². The fourth-order valence-electron chi connectivity index (χ4n) is 4.15. The first-order valence-corrected chi connectivity index (χ1v) is 10.7. The molecule has 2 aliphatic rings. The Morgan fingerprint density at radius 2 is 1.97 bits per heavy atom. The number of carbonyl (C=O) groups is 1. The van der Waals surface area contributed by atoms with E-state index in [9.17, 15) is 4.79 Å². The van der Waals surface area contributed by atoms with Crippen LogP contribution in [0.5, 0.6) is 11.5 Å². The lowest BCUT2D eigenvalue weighted by Gasteiger charge is -2.29. The normalized spacial score (nSPS) is 19.0. The Morgan fingerprint density at radius 3 is 2.66 bits per heavy atom. The number of piperidine rings is 1. The third kappa shape index (κ3) is 4.24. The van der Waals surface area contributed by atoms with E-state index in [0.29, 0.717) is 38.0 Å². The second-order valence-corrected chi connectivity index (χ2v) is 7.59. The Morgan fingerprint density at radius 1 is 1.21 bits per heavy atom. The van der Waals surface area contributed by atoms with E-state index < -0.39 is 0 Å². The minimum atomic E-state index is -0.00925. The highest BCUT2D eigenvalue weighted by Crippen LogP contribution is 2.34. The van der Waals surface area contributed by atoms with Crippen molar-refractivity contribution in [3.05, 3.63) is 41.2 Å². The number of hydrogen-bond acceptors (Lipinski definition) is 5. The van der Waals surface area contributed by atoms with Gasteiger partial charge in [-0.1, -0.05) is 0 Å². The molecule has 0 bridgehead atoms. The van der Waals surface area contributed by atoms with Crippen molar-refractivity contribution in [2.24, 2.45) is 0 Å². The van der Waals surface area contributed by atoms with Crippen LogP contribution in [0.25, 0.3) is 0 Å². The Bertz CT molecular complexity index is 858. The third-order valence-electron chi connectivity index (χ3n) is 5.64. The Hall–Kier alpha value is -2.54. The van der Waals surface area contributed by atoms with Crippen molar-refractivity contribution >= 4 is 5.91 Å². The largest absolute Gasteiger partial charge is 0.490 e. The van der Waals surface area contributed by atoms with Gasteiger partial charge in [-0.05, 0) is 69.0 Å². The first-order chi connectivity index (χ1) is 14.2. The van der Waals surface area contributed by atoms with Crippen LogP contribution in [0.15, 0.2) is 24.4 Å². The second-order valence-electron chi connectivity index (χ2n) is 7.59. The summed E-state index contributed by atoms with van der Waals surface area (Å²) in [6.45, 7) is 8.33. The summed E-state index contributed by atoms with van der Waals surface area (Å²) in [5.41, 5.74) is 2.86. The molecule has 1 saturated heterocycles. The van der Waals surface area contributed by atoms with Crippen LogP contribution in [0.1, 0.15) is 54.3 Å². The van der Waals surface area contributed by atoms with Crippen molar-refractivity contribution in [1.82, 2.24) is 20.0 Å². The van der Waals surface area contributed by atoms with Gasteiger partial charge in [0.15, 0.2) is 11.5 Å². The number of hydrogen-bond donors (Lipinski definition) is 1. The molecule has 1 fully saturated rings. The Balaban J connectivity index is 1.49. The second kappa shape index (κ2) is 8.86. The lowest BCUT2D eigenvalue weighted by atomic mass is 9.98. The predicted molar refractivity (Wildman–Crippen MR) is 111 cm³/mol. The van der Waals surface area contributed by atoms with Gasteiger partial charge in [0.2, 0.25) is 0 Å². The summed E-state index contributed by atoms with van der Waals surface area (Å²) in [7, 11) is 0. The minimum absolute atomic E-state index is 0.00925. The van der Waals surface area contributed by atoms with Crippen molar-refractivity contribution in [3.8, 4) is 11.5 Å². The van der Waals surface area contributed by atoms with Crippen molar-refractivity contribution in [3.63, 3.8) is 0 Å². The first kappa shape index (κ1) is 19.8. The SMILES string of the molecule is CCOc1cc2c(cc1OCC)CN(C(=O)c1ccn(C3CCCNC3)n1)CC2. The molecule has 1 aromatic carbocycles. The zero-order chi connectivity index (χ0) is 20.2. The fraction of sp³-hybridized carbons (Fsp3) is 0.545. The van der Waals surface area contributed by atoms with Crippen molar-refractivity contribution in [1.29, 1.82) is 0 Å². The fourth-order valence-corrected chi connectivity index (χ4v) is 4.15. The zero-order valence-corrected chi connectivity index (χ0v) is 17.3. The maximum absolute atomic E-state index is 13.1. The number of ether oxygens (including phenoxy) is 2. The van der Waals surface area contributed by atoms with Crippen LogP contribution in [-0.2, 0) is 13.0 Å². The molecule has 1 N–H and O–H groups in total. The summed E-state index contributed by atoms with van der Waals surface area (Å²) in [6.07, 6.45) is 4.98. The number of carbonyl (C=O) groups excluding carboxylic acids is 1. The summed E-state index contributed by atoms with van der Waals surface area (Å²) in [6, 6.07) is 6.26. The molecule has 7 nitrogen and oxygen atoms in total. The molecule has 1 unspecified atom stereocenters. The summed E-state index contributed by atoms with van der Waals surface area (Å²) < 4.78 is 13.4. The molecule has 3 heterocycles. The van der Waals surface area contributed by atoms with Gasteiger partial charge < -0.3 is 19.7 Å². The lowest BCUT2D eigenvalue weighted by molar-refractivity contribution is 0.0727. The minimum Gasteiger partial charge on any atom is -0.490 e. The maximum atomic E-state index is 13.1. The van der Waals surface area contributed by atoms with Gasteiger partial charge in [0.05, 0.1) is 19.3 Å². The zero-order valence-electron chi connectivity index (χ0n) is 17.3. The molecule has 1 aromatic heterocycles. The summed E-state index contributed by atoms with van der Waals surface area (Å²) in [5, 5.41) is 7.99. The molecule has 156 valence electrons. The summed E-state index contributed by atoms with van der Waals surface area (Å²) in [4.78, 5) is 14.9. The monoisotopic (exact) mass is 398 g/mol. The van der Waals surface area contributed by atoms with Gasteiger partial charge in [-0.15, -0.1) is 0 Å². The molecule has 0 spiro atoms. The van der Waals surface area contributed by atoms with Crippen molar-refractivity contribution < 1.29 is 14.3 Å². The smallest absolute Gasteiger partial charge is 0.274 e. The van der Waals surface area contributed by atoms with E-state index in [1.165, 1.54) is 5.56 Å². The third-order valence-corrected chi connectivity index (χ3v) is 5.64. The number of aromatic nitrogens is 2. The number of benzene rings is 1. The average Bonchev–Trinajstić information content (AvgIpc) is 3.24. The van der Waals surface area contributed by atoms with Gasteiger partial charge in [-0.2, -0.15) is 5.10 Å². The molecule has 0 radical (unpaired) electrons. The Kier molecular flexibility index (Phi) is 6.04. The lowest BCUT2D eigenvalue weighted by Crippen LogP contribution is -2.36. The molecule has 2 aromatic rings. The van der Waals surface area contributed by atoms with Crippen molar-refractivity contribution in [2.45, 2.75) is 45.7 Å². The topological polar surface area (TPSA) is 68.6 Å². The quantitative estimate of drug-likeness (QED) is 0.810. The molecule has 7 heteroatoms. The molecule has 1 amide bonds. The molecule has 1 atom stereocenters. The maximum Gasteiger partial charge on any atom is 0.274 e. The van der Waals surface area contributed by atoms with E-state index in [0.717, 1.165) is 49.4 Å². The van der Waals surface area contributed by atoms with E-state index in [2.05, 4.69) is 16.5 Å². The van der Waals surface area contributed by atoms with Crippen LogP contribution in [0.4, 0.5) is 0 Å². The highest BCUT2D eigenvalue weighted by atomic mass is 16.5.